The van der Waals surface area contributed by atoms with Gasteiger partial charge in [0.1, 0.15) is 6.61 Å². The lowest BCUT2D eigenvalue weighted by molar-refractivity contribution is -0.136. The van der Waals surface area contributed by atoms with Crippen molar-refractivity contribution in [3.8, 4) is 0 Å². The van der Waals surface area contributed by atoms with E-state index >= 15 is 0 Å². The summed E-state index contributed by atoms with van der Waals surface area (Å²) in [6.07, 6.45) is 2.57. The van der Waals surface area contributed by atoms with Gasteiger partial charge in [0.15, 0.2) is 0 Å². The Labute approximate surface area is 156 Å². The Hall–Kier alpha value is -2.08. The molecule has 1 saturated heterocycles. The quantitative estimate of drug-likeness (QED) is 0.845. The Balaban J connectivity index is 2.01. The third kappa shape index (κ3) is 5.46. The van der Waals surface area contributed by atoms with E-state index in [2.05, 4.69) is 0 Å². The molecule has 0 bridgehead atoms. The molecule has 0 aliphatic carbocycles. The van der Waals surface area contributed by atoms with Crippen LogP contribution in [-0.2, 0) is 16.1 Å². The summed E-state index contributed by atoms with van der Waals surface area (Å²) >= 11 is 0. The summed E-state index contributed by atoms with van der Waals surface area (Å²) in [4.78, 5) is 28.6. The number of hydrogen-bond acceptors (Lipinski definition) is 4. The van der Waals surface area contributed by atoms with Gasteiger partial charge in [0.05, 0.1) is 6.04 Å². The molecule has 0 spiro atoms. The van der Waals surface area contributed by atoms with Gasteiger partial charge in [0.2, 0.25) is 5.91 Å². The Kier molecular flexibility index (Phi) is 7.45. The lowest BCUT2D eigenvalue weighted by Crippen LogP contribution is -2.55. The van der Waals surface area contributed by atoms with Crippen molar-refractivity contribution < 1.29 is 14.3 Å². The zero-order valence-corrected chi connectivity index (χ0v) is 16.1. The summed E-state index contributed by atoms with van der Waals surface area (Å²) in [7, 11) is 0. The summed E-state index contributed by atoms with van der Waals surface area (Å²) < 4.78 is 5.50. The van der Waals surface area contributed by atoms with Gasteiger partial charge in [-0.1, -0.05) is 30.3 Å². The molecule has 1 aliphatic heterocycles. The summed E-state index contributed by atoms with van der Waals surface area (Å²) in [5.41, 5.74) is 6.75. The van der Waals surface area contributed by atoms with Gasteiger partial charge in [-0.25, -0.2) is 4.79 Å². The number of nitrogens with zero attached hydrogens (tertiary/aromatic N) is 2. The molecule has 6 heteroatoms. The molecule has 2 atom stereocenters. The molecule has 0 saturated carbocycles. The number of likely N-dealkylation sites (tertiary alicyclic amines) is 1. The lowest BCUT2D eigenvalue weighted by atomic mass is 10.00. The molecule has 26 heavy (non-hydrogen) atoms. The maximum absolute atomic E-state index is 12.6. The smallest absolute Gasteiger partial charge is 0.410 e. The Bertz CT molecular complexity index is 589. The summed E-state index contributed by atoms with van der Waals surface area (Å²) in [5, 5.41) is 0. The standard InChI is InChI=1S/C20H31N3O3/c1-15(2)23(20(25)26-14-17-9-5-4-6-10-17)13-18-11-7-8-12-22(18)19(24)16(3)21/h4-6,9-10,15-16,18H,7-8,11-14,21H2,1-3H3. The first-order valence-corrected chi connectivity index (χ1v) is 9.43. The van der Waals surface area contributed by atoms with Gasteiger partial charge in [0, 0.05) is 25.2 Å². The van der Waals surface area contributed by atoms with Crippen LogP contribution in [-0.4, -0.2) is 53.0 Å². The molecule has 2 N–H and O–H groups in total. The molecule has 1 fully saturated rings. The summed E-state index contributed by atoms with van der Waals surface area (Å²) in [6.45, 7) is 7.06. The monoisotopic (exact) mass is 361 g/mol. The number of amides is 2. The molecular formula is C20H31N3O3. The number of benzene rings is 1. The first kappa shape index (κ1) is 20.2. The van der Waals surface area contributed by atoms with E-state index in [0.717, 1.165) is 24.8 Å². The highest BCUT2D eigenvalue weighted by molar-refractivity contribution is 5.81. The van der Waals surface area contributed by atoms with Crippen LogP contribution in [0, 0.1) is 0 Å². The second-order valence-electron chi connectivity index (χ2n) is 7.26. The highest BCUT2D eigenvalue weighted by atomic mass is 16.6. The molecule has 1 aliphatic rings. The number of hydrogen-bond donors (Lipinski definition) is 1. The molecule has 0 radical (unpaired) electrons. The molecule has 2 rings (SSSR count). The van der Waals surface area contributed by atoms with Crippen molar-refractivity contribution in [2.75, 3.05) is 13.1 Å². The first-order chi connectivity index (χ1) is 12.4. The normalized spacial score (nSPS) is 18.5. The van der Waals surface area contributed by atoms with E-state index < -0.39 is 6.04 Å². The van der Waals surface area contributed by atoms with Crippen molar-refractivity contribution in [3.63, 3.8) is 0 Å². The molecule has 1 aromatic rings. The van der Waals surface area contributed by atoms with Crippen LogP contribution in [0.2, 0.25) is 0 Å². The van der Waals surface area contributed by atoms with Gasteiger partial charge in [-0.2, -0.15) is 0 Å². The number of ether oxygens (including phenoxy) is 1. The van der Waals surface area contributed by atoms with Crippen LogP contribution >= 0.6 is 0 Å². The van der Waals surface area contributed by atoms with Crippen LogP contribution in [0.5, 0.6) is 0 Å². The largest absolute Gasteiger partial charge is 0.445 e. The zero-order chi connectivity index (χ0) is 19.1. The van der Waals surface area contributed by atoms with Crippen molar-refractivity contribution in [1.82, 2.24) is 9.80 Å². The van der Waals surface area contributed by atoms with E-state index in [9.17, 15) is 9.59 Å². The highest BCUT2D eigenvalue weighted by Crippen LogP contribution is 2.20. The Morgan fingerprint density at radius 1 is 1.23 bits per heavy atom. The van der Waals surface area contributed by atoms with Crippen LogP contribution in [0.4, 0.5) is 4.79 Å². The molecule has 6 nitrogen and oxygen atoms in total. The maximum Gasteiger partial charge on any atom is 0.410 e. The second kappa shape index (κ2) is 9.57. The third-order valence-corrected chi connectivity index (χ3v) is 4.77. The van der Waals surface area contributed by atoms with Crippen molar-refractivity contribution >= 4 is 12.0 Å². The van der Waals surface area contributed by atoms with Crippen LogP contribution in [0.15, 0.2) is 30.3 Å². The van der Waals surface area contributed by atoms with Gasteiger partial charge in [-0.3, -0.25) is 4.79 Å². The van der Waals surface area contributed by atoms with Crippen molar-refractivity contribution in [2.45, 2.75) is 64.8 Å². The average molecular weight is 361 g/mol. The molecule has 1 aromatic carbocycles. The molecular weight excluding hydrogens is 330 g/mol. The van der Waals surface area contributed by atoms with Gasteiger partial charge < -0.3 is 20.3 Å². The molecule has 0 aromatic heterocycles. The van der Waals surface area contributed by atoms with E-state index in [-0.39, 0.29) is 30.7 Å². The van der Waals surface area contributed by atoms with Gasteiger partial charge in [-0.05, 0) is 45.6 Å². The van der Waals surface area contributed by atoms with E-state index in [1.165, 1.54) is 0 Å². The number of nitrogens with two attached hydrogens (primary N) is 1. The van der Waals surface area contributed by atoms with E-state index in [0.29, 0.717) is 13.1 Å². The molecule has 2 amide bonds. The predicted molar refractivity (Wildman–Crippen MR) is 101 cm³/mol. The summed E-state index contributed by atoms with van der Waals surface area (Å²) in [6, 6.07) is 9.09. The van der Waals surface area contributed by atoms with Crippen molar-refractivity contribution in [3.05, 3.63) is 35.9 Å². The second-order valence-corrected chi connectivity index (χ2v) is 7.26. The minimum absolute atomic E-state index is 0.00562. The average Bonchev–Trinajstić information content (AvgIpc) is 2.64. The minimum atomic E-state index is -0.520. The number of piperidine rings is 1. The predicted octanol–water partition coefficient (Wildman–Crippen LogP) is 2.76. The molecule has 2 unspecified atom stereocenters. The fraction of sp³-hybridized carbons (Fsp3) is 0.600. The number of rotatable bonds is 6. The van der Waals surface area contributed by atoms with Crippen LogP contribution in [0.1, 0.15) is 45.6 Å². The minimum Gasteiger partial charge on any atom is -0.445 e. The first-order valence-electron chi connectivity index (χ1n) is 9.43. The lowest BCUT2D eigenvalue weighted by Gasteiger charge is -2.40. The Morgan fingerprint density at radius 3 is 2.54 bits per heavy atom. The molecule has 144 valence electrons. The van der Waals surface area contributed by atoms with Crippen molar-refractivity contribution in [2.24, 2.45) is 5.73 Å². The van der Waals surface area contributed by atoms with E-state index in [4.69, 9.17) is 10.5 Å². The van der Waals surface area contributed by atoms with E-state index in [1.54, 1.807) is 11.8 Å². The van der Waals surface area contributed by atoms with Crippen molar-refractivity contribution in [1.29, 1.82) is 0 Å². The van der Waals surface area contributed by atoms with E-state index in [1.807, 2.05) is 49.1 Å². The van der Waals surface area contributed by atoms with Crippen LogP contribution in [0.25, 0.3) is 0 Å². The van der Waals surface area contributed by atoms with Gasteiger partial charge in [0.25, 0.3) is 0 Å². The molecule has 1 heterocycles. The number of carbonyl (C=O) groups excluding carboxylic acids is 2. The maximum atomic E-state index is 12.6. The fourth-order valence-electron chi connectivity index (χ4n) is 3.27. The SMILES string of the molecule is CC(N)C(=O)N1CCCCC1CN(C(=O)OCc1ccccc1)C(C)C. The van der Waals surface area contributed by atoms with Gasteiger partial charge in [-0.15, -0.1) is 0 Å². The Morgan fingerprint density at radius 2 is 1.92 bits per heavy atom. The van der Waals surface area contributed by atoms with Crippen LogP contribution < -0.4 is 5.73 Å². The zero-order valence-electron chi connectivity index (χ0n) is 16.1. The fourth-order valence-corrected chi connectivity index (χ4v) is 3.27. The van der Waals surface area contributed by atoms with Gasteiger partial charge >= 0.3 is 6.09 Å². The number of carbonyl (C=O) groups is 2. The van der Waals surface area contributed by atoms with Crippen LogP contribution in [0.3, 0.4) is 0 Å². The summed E-state index contributed by atoms with van der Waals surface area (Å²) in [5.74, 6) is -0.0453. The highest BCUT2D eigenvalue weighted by Gasteiger charge is 2.32. The topological polar surface area (TPSA) is 75.9 Å². The third-order valence-electron chi connectivity index (χ3n) is 4.77.